The lowest BCUT2D eigenvalue weighted by Crippen LogP contribution is -2.01. The fourth-order valence-electron chi connectivity index (χ4n) is 1.34. The van der Waals surface area contributed by atoms with Gasteiger partial charge in [0, 0.05) is 16.2 Å². The number of azide groups is 1. The van der Waals surface area contributed by atoms with Gasteiger partial charge in [-0.25, -0.2) is 0 Å². The lowest BCUT2D eigenvalue weighted by atomic mass is 10.1. The van der Waals surface area contributed by atoms with E-state index >= 15 is 0 Å². The molecule has 1 rings (SSSR count). The Morgan fingerprint density at radius 2 is 2.56 bits per heavy atom. The Bertz CT molecular complexity index is 371. The molecule has 1 aromatic rings. The van der Waals surface area contributed by atoms with Gasteiger partial charge < -0.3 is 4.74 Å². The summed E-state index contributed by atoms with van der Waals surface area (Å²) in [5, 5.41) is 5.67. The molecule has 0 radical (unpaired) electrons. The van der Waals surface area contributed by atoms with E-state index in [1.165, 1.54) is 7.11 Å². The van der Waals surface area contributed by atoms with Crippen molar-refractivity contribution in [3.05, 3.63) is 32.8 Å². The van der Waals surface area contributed by atoms with Crippen molar-refractivity contribution >= 4 is 17.3 Å². The first-order chi connectivity index (χ1) is 7.77. The lowest BCUT2D eigenvalue weighted by molar-refractivity contribution is -0.140. The second kappa shape index (κ2) is 6.87. The largest absolute Gasteiger partial charge is 0.469 e. The zero-order valence-corrected chi connectivity index (χ0v) is 9.81. The molecule has 16 heavy (non-hydrogen) atoms. The highest BCUT2D eigenvalue weighted by Gasteiger charge is 2.11. The highest BCUT2D eigenvalue weighted by molar-refractivity contribution is 7.10. The van der Waals surface area contributed by atoms with Gasteiger partial charge in [-0.1, -0.05) is 11.2 Å². The average Bonchev–Trinajstić information content (AvgIpc) is 2.81. The van der Waals surface area contributed by atoms with Crippen molar-refractivity contribution in [2.24, 2.45) is 5.11 Å². The summed E-state index contributed by atoms with van der Waals surface area (Å²) in [7, 11) is 1.37. The minimum atomic E-state index is -0.231. The summed E-state index contributed by atoms with van der Waals surface area (Å²) in [6.07, 6.45) is 1.69. The van der Waals surface area contributed by atoms with E-state index in [0.29, 0.717) is 19.3 Å². The smallest absolute Gasteiger partial charge is 0.305 e. The van der Waals surface area contributed by atoms with Gasteiger partial charge in [0.2, 0.25) is 0 Å². The Kier molecular flexibility index (Phi) is 5.39. The number of hydrogen-bond donors (Lipinski definition) is 0. The van der Waals surface area contributed by atoms with E-state index < -0.39 is 0 Å². The third-order valence-electron chi connectivity index (χ3n) is 2.15. The Balaban J connectivity index is 2.47. The van der Waals surface area contributed by atoms with Crippen LogP contribution in [0, 0.1) is 0 Å². The topological polar surface area (TPSA) is 75.1 Å². The van der Waals surface area contributed by atoms with Gasteiger partial charge >= 0.3 is 5.97 Å². The summed E-state index contributed by atoms with van der Waals surface area (Å²) in [6.45, 7) is 0. The van der Waals surface area contributed by atoms with E-state index in [0.717, 1.165) is 4.88 Å². The molecule has 0 amide bonds. The van der Waals surface area contributed by atoms with Crippen LogP contribution in [0.4, 0.5) is 0 Å². The lowest BCUT2D eigenvalue weighted by Gasteiger charge is -2.07. The minimum absolute atomic E-state index is 0.172. The molecule has 0 bridgehead atoms. The molecule has 0 aliphatic rings. The van der Waals surface area contributed by atoms with Gasteiger partial charge in [0.1, 0.15) is 0 Å². The molecule has 0 aromatic carbocycles. The van der Waals surface area contributed by atoms with Gasteiger partial charge in [0.05, 0.1) is 13.2 Å². The quantitative estimate of drug-likeness (QED) is 0.330. The molecule has 6 heteroatoms. The Morgan fingerprint density at radius 1 is 1.75 bits per heavy atom. The molecule has 0 fully saturated rings. The monoisotopic (exact) mass is 239 g/mol. The van der Waals surface area contributed by atoms with Crippen LogP contribution in [-0.4, -0.2) is 13.1 Å². The summed E-state index contributed by atoms with van der Waals surface area (Å²) in [5.41, 5.74) is 8.46. The summed E-state index contributed by atoms with van der Waals surface area (Å²) >= 11 is 1.55. The third-order valence-corrected chi connectivity index (χ3v) is 3.12. The molecule has 1 atom stereocenters. The Labute approximate surface area is 97.7 Å². The van der Waals surface area contributed by atoms with Crippen molar-refractivity contribution in [3.8, 4) is 0 Å². The van der Waals surface area contributed by atoms with Crippen molar-refractivity contribution in [2.75, 3.05) is 7.11 Å². The molecule has 86 valence electrons. The zero-order chi connectivity index (χ0) is 11.8. The highest BCUT2D eigenvalue weighted by Crippen LogP contribution is 2.27. The van der Waals surface area contributed by atoms with E-state index in [1.807, 2.05) is 17.5 Å². The number of rotatable bonds is 6. The predicted molar refractivity (Wildman–Crippen MR) is 62.1 cm³/mol. The number of esters is 1. The molecule has 1 heterocycles. The summed E-state index contributed by atoms with van der Waals surface area (Å²) in [4.78, 5) is 14.8. The summed E-state index contributed by atoms with van der Waals surface area (Å²) in [6, 6.07) is 3.68. The highest BCUT2D eigenvalue weighted by atomic mass is 32.1. The Morgan fingerprint density at radius 3 is 3.12 bits per heavy atom. The number of ether oxygens (including phenoxy) is 1. The fourth-order valence-corrected chi connectivity index (χ4v) is 2.14. The van der Waals surface area contributed by atoms with Crippen LogP contribution in [0.5, 0.6) is 0 Å². The van der Waals surface area contributed by atoms with Crippen LogP contribution < -0.4 is 0 Å². The second-order valence-electron chi connectivity index (χ2n) is 3.20. The van der Waals surface area contributed by atoms with Crippen LogP contribution in [0.3, 0.4) is 0 Å². The molecule has 0 N–H and O–H groups in total. The standard InChI is InChI=1S/C10H13N3O2S/c1-15-10(14)6-2-4-8(12-13-11)9-5-3-7-16-9/h3,5,7-8H,2,4,6H2,1H3. The average molecular weight is 239 g/mol. The van der Waals surface area contributed by atoms with Gasteiger partial charge in [0.25, 0.3) is 0 Å². The number of hydrogen-bond acceptors (Lipinski definition) is 4. The van der Waals surface area contributed by atoms with Crippen LogP contribution in [0.15, 0.2) is 22.6 Å². The van der Waals surface area contributed by atoms with Crippen LogP contribution >= 0.6 is 11.3 Å². The molecule has 0 saturated heterocycles. The molecule has 0 aliphatic heterocycles. The van der Waals surface area contributed by atoms with E-state index in [1.54, 1.807) is 11.3 Å². The first kappa shape index (κ1) is 12.5. The first-order valence-electron chi connectivity index (χ1n) is 4.92. The maximum atomic E-state index is 10.9. The summed E-state index contributed by atoms with van der Waals surface area (Å²) in [5.74, 6) is -0.231. The van der Waals surface area contributed by atoms with Crippen LogP contribution in [-0.2, 0) is 9.53 Å². The normalized spacial score (nSPS) is 11.6. The van der Waals surface area contributed by atoms with Crippen LogP contribution in [0.25, 0.3) is 10.4 Å². The molecular weight excluding hydrogens is 226 g/mol. The predicted octanol–water partition coefficient (Wildman–Crippen LogP) is 3.44. The van der Waals surface area contributed by atoms with Crippen molar-refractivity contribution in [1.82, 2.24) is 0 Å². The van der Waals surface area contributed by atoms with Crippen LogP contribution in [0.1, 0.15) is 30.2 Å². The first-order valence-corrected chi connectivity index (χ1v) is 5.80. The SMILES string of the molecule is COC(=O)CCCC(N=[N+]=[N-])c1cccs1. The van der Waals surface area contributed by atoms with Crippen molar-refractivity contribution in [3.63, 3.8) is 0 Å². The molecule has 0 spiro atoms. The van der Waals surface area contributed by atoms with Gasteiger partial charge in [-0.15, -0.1) is 11.3 Å². The number of carbonyl (C=O) groups excluding carboxylic acids is 1. The molecule has 1 aromatic heterocycles. The maximum Gasteiger partial charge on any atom is 0.305 e. The van der Waals surface area contributed by atoms with Gasteiger partial charge in [-0.05, 0) is 29.8 Å². The van der Waals surface area contributed by atoms with Crippen molar-refractivity contribution in [1.29, 1.82) is 0 Å². The molecular formula is C10H13N3O2S. The zero-order valence-electron chi connectivity index (χ0n) is 9.00. The van der Waals surface area contributed by atoms with E-state index in [9.17, 15) is 4.79 Å². The van der Waals surface area contributed by atoms with E-state index in [2.05, 4.69) is 14.8 Å². The second-order valence-corrected chi connectivity index (χ2v) is 4.18. The van der Waals surface area contributed by atoms with E-state index in [-0.39, 0.29) is 12.0 Å². The van der Waals surface area contributed by atoms with Crippen molar-refractivity contribution in [2.45, 2.75) is 25.3 Å². The number of nitrogens with zero attached hydrogens (tertiary/aromatic N) is 3. The Hall–Kier alpha value is -1.52. The fraction of sp³-hybridized carbons (Fsp3) is 0.500. The van der Waals surface area contributed by atoms with Gasteiger partial charge in [-0.2, -0.15) is 0 Å². The molecule has 0 aliphatic carbocycles. The maximum absolute atomic E-state index is 10.9. The molecule has 5 nitrogen and oxygen atoms in total. The van der Waals surface area contributed by atoms with Crippen LogP contribution in [0.2, 0.25) is 0 Å². The number of thiophene rings is 1. The van der Waals surface area contributed by atoms with Gasteiger partial charge in [-0.3, -0.25) is 4.79 Å². The van der Waals surface area contributed by atoms with Crippen molar-refractivity contribution < 1.29 is 9.53 Å². The van der Waals surface area contributed by atoms with Gasteiger partial charge in [0.15, 0.2) is 0 Å². The molecule has 1 unspecified atom stereocenters. The number of carbonyl (C=O) groups is 1. The molecule has 0 saturated carbocycles. The summed E-state index contributed by atoms with van der Waals surface area (Å²) < 4.78 is 4.54. The number of methoxy groups -OCH3 is 1. The third kappa shape index (κ3) is 3.92. The minimum Gasteiger partial charge on any atom is -0.469 e. The van der Waals surface area contributed by atoms with E-state index in [4.69, 9.17) is 5.53 Å².